The molecule has 0 bridgehead atoms. The first-order valence-electron chi connectivity index (χ1n) is 9.92. The fraction of sp³-hybridized carbons (Fsp3) is 0.435. The quantitative estimate of drug-likeness (QED) is 0.854. The Morgan fingerprint density at radius 3 is 2.46 bits per heavy atom. The molecular weight excluding hydrogens is 352 g/mol. The Morgan fingerprint density at radius 1 is 1.14 bits per heavy atom. The minimum absolute atomic E-state index is 0.0412. The Morgan fingerprint density at radius 2 is 1.79 bits per heavy atom. The summed E-state index contributed by atoms with van der Waals surface area (Å²) in [5, 5.41) is 13.0. The zero-order chi connectivity index (χ0) is 20.1. The molecule has 5 nitrogen and oxygen atoms in total. The van der Waals surface area contributed by atoms with Crippen molar-refractivity contribution < 1.29 is 14.6 Å². The number of nitrogens with zero attached hydrogens (tertiary/aromatic N) is 1. The fourth-order valence-electron chi connectivity index (χ4n) is 3.78. The highest BCUT2D eigenvalue weighted by Gasteiger charge is 2.29. The fourth-order valence-corrected chi connectivity index (χ4v) is 3.78. The number of likely N-dealkylation sites (N-methyl/N-ethyl adjacent to an activating group) is 1. The van der Waals surface area contributed by atoms with E-state index in [-0.39, 0.29) is 30.6 Å². The third-order valence-corrected chi connectivity index (χ3v) is 5.50. The van der Waals surface area contributed by atoms with E-state index in [9.17, 15) is 9.90 Å². The van der Waals surface area contributed by atoms with Crippen molar-refractivity contribution in [3.8, 4) is 11.1 Å². The molecule has 150 valence electrons. The molecule has 1 amide bonds. The van der Waals surface area contributed by atoms with E-state index in [2.05, 4.69) is 18.3 Å². The van der Waals surface area contributed by atoms with Crippen LogP contribution in [0.15, 0.2) is 48.5 Å². The number of aliphatic hydroxyl groups is 1. The van der Waals surface area contributed by atoms with Gasteiger partial charge in [-0.15, -0.1) is 0 Å². The van der Waals surface area contributed by atoms with E-state index in [4.69, 9.17) is 4.74 Å². The topological polar surface area (TPSA) is 61.8 Å². The van der Waals surface area contributed by atoms with Crippen molar-refractivity contribution in [2.45, 2.75) is 32.6 Å². The highest BCUT2D eigenvalue weighted by molar-refractivity contribution is 6.01. The van der Waals surface area contributed by atoms with Crippen LogP contribution in [0.25, 0.3) is 11.1 Å². The summed E-state index contributed by atoms with van der Waals surface area (Å²) in [6.07, 6.45) is -0.0412. The minimum Gasteiger partial charge on any atom is -0.394 e. The average Bonchev–Trinajstić information content (AvgIpc) is 2.74. The first-order valence-corrected chi connectivity index (χ1v) is 9.92. The smallest absolute Gasteiger partial charge is 0.254 e. The van der Waals surface area contributed by atoms with Crippen molar-refractivity contribution in [3.05, 3.63) is 59.7 Å². The van der Waals surface area contributed by atoms with Crippen LogP contribution in [-0.2, 0) is 11.3 Å². The molecule has 0 aromatic heterocycles. The van der Waals surface area contributed by atoms with Crippen molar-refractivity contribution in [1.29, 1.82) is 0 Å². The van der Waals surface area contributed by atoms with E-state index >= 15 is 0 Å². The number of benzene rings is 2. The minimum atomic E-state index is -0.269. The van der Waals surface area contributed by atoms with Crippen LogP contribution in [0.5, 0.6) is 0 Å². The van der Waals surface area contributed by atoms with Gasteiger partial charge in [0.25, 0.3) is 5.91 Å². The van der Waals surface area contributed by atoms with Crippen LogP contribution in [0.1, 0.15) is 29.8 Å². The first-order chi connectivity index (χ1) is 13.6. The van der Waals surface area contributed by atoms with E-state index in [1.54, 1.807) is 4.90 Å². The number of nitrogens with one attached hydrogen (secondary N) is 1. The third kappa shape index (κ3) is 4.27. The molecule has 1 aliphatic heterocycles. The number of fused-ring (bicyclic) bond motifs is 3. The maximum absolute atomic E-state index is 13.5. The molecule has 28 heavy (non-hydrogen) atoms. The van der Waals surface area contributed by atoms with E-state index in [1.165, 1.54) is 0 Å². The summed E-state index contributed by atoms with van der Waals surface area (Å²) < 4.78 is 6.30. The van der Waals surface area contributed by atoms with Crippen LogP contribution >= 0.6 is 0 Å². The highest BCUT2D eigenvalue weighted by Crippen LogP contribution is 2.30. The van der Waals surface area contributed by atoms with Gasteiger partial charge in [0, 0.05) is 24.6 Å². The lowest BCUT2D eigenvalue weighted by Crippen LogP contribution is -2.46. The molecule has 0 unspecified atom stereocenters. The molecule has 0 saturated carbocycles. The van der Waals surface area contributed by atoms with Crippen molar-refractivity contribution in [1.82, 2.24) is 10.2 Å². The van der Waals surface area contributed by atoms with E-state index in [0.29, 0.717) is 25.3 Å². The van der Waals surface area contributed by atoms with Crippen molar-refractivity contribution >= 4 is 5.91 Å². The molecule has 0 radical (unpaired) electrons. The molecule has 0 aliphatic carbocycles. The normalized spacial score (nSPS) is 21.4. The van der Waals surface area contributed by atoms with Gasteiger partial charge in [-0.3, -0.25) is 4.79 Å². The van der Waals surface area contributed by atoms with Crippen LogP contribution < -0.4 is 5.32 Å². The number of aliphatic hydroxyl groups excluding tert-OH is 1. The molecule has 0 spiro atoms. The van der Waals surface area contributed by atoms with Crippen LogP contribution in [0.4, 0.5) is 0 Å². The van der Waals surface area contributed by atoms with Gasteiger partial charge in [0.05, 0.1) is 25.4 Å². The lowest BCUT2D eigenvalue weighted by atomic mass is 9.94. The van der Waals surface area contributed by atoms with Gasteiger partial charge < -0.3 is 20.1 Å². The highest BCUT2D eigenvalue weighted by atomic mass is 16.5. The van der Waals surface area contributed by atoms with Gasteiger partial charge >= 0.3 is 0 Å². The summed E-state index contributed by atoms with van der Waals surface area (Å²) in [6.45, 7) is 5.62. The predicted octanol–water partition coefficient (Wildman–Crippen LogP) is 2.93. The largest absolute Gasteiger partial charge is 0.394 e. The number of hydrogen-bond acceptors (Lipinski definition) is 4. The zero-order valence-corrected chi connectivity index (χ0v) is 16.9. The van der Waals surface area contributed by atoms with Crippen molar-refractivity contribution in [2.24, 2.45) is 5.92 Å². The van der Waals surface area contributed by atoms with Gasteiger partial charge in [0.1, 0.15) is 0 Å². The maximum atomic E-state index is 13.5. The Balaban J connectivity index is 2.14. The SMILES string of the molecule is CNC[C@@H]1OCc2ccccc2-c2ccccc2C(=O)N([C@@H](C)CO)C[C@H]1C. The Hall–Kier alpha value is -2.21. The van der Waals surface area contributed by atoms with Crippen LogP contribution in [-0.4, -0.2) is 54.8 Å². The summed E-state index contributed by atoms with van der Waals surface area (Å²) in [4.78, 5) is 15.3. The molecule has 2 aromatic carbocycles. The van der Waals surface area contributed by atoms with Crippen LogP contribution in [0.3, 0.4) is 0 Å². The summed E-state index contributed by atoms with van der Waals surface area (Å²) in [6, 6.07) is 15.5. The third-order valence-electron chi connectivity index (χ3n) is 5.50. The first kappa shape index (κ1) is 20.5. The van der Waals surface area contributed by atoms with Gasteiger partial charge in [0.15, 0.2) is 0 Å². The molecule has 1 heterocycles. The number of hydrogen-bond donors (Lipinski definition) is 2. The molecule has 1 aliphatic rings. The summed E-state index contributed by atoms with van der Waals surface area (Å²) in [7, 11) is 1.91. The number of ether oxygens (including phenoxy) is 1. The Bertz CT molecular complexity index is 808. The number of amides is 1. The van der Waals surface area contributed by atoms with Gasteiger partial charge in [0.2, 0.25) is 0 Å². The van der Waals surface area contributed by atoms with Gasteiger partial charge in [-0.25, -0.2) is 0 Å². The van der Waals surface area contributed by atoms with E-state index < -0.39 is 0 Å². The van der Waals surface area contributed by atoms with Crippen LogP contribution in [0, 0.1) is 5.92 Å². The molecule has 3 rings (SSSR count). The summed E-state index contributed by atoms with van der Waals surface area (Å²) in [5.41, 5.74) is 3.65. The second kappa shape index (κ2) is 9.32. The lowest BCUT2D eigenvalue weighted by Gasteiger charge is -2.33. The van der Waals surface area contributed by atoms with Gasteiger partial charge in [-0.05, 0) is 36.7 Å². The molecule has 2 N–H and O–H groups in total. The van der Waals surface area contributed by atoms with E-state index in [0.717, 1.165) is 16.7 Å². The zero-order valence-electron chi connectivity index (χ0n) is 16.9. The predicted molar refractivity (Wildman–Crippen MR) is 111 cm³/mol. The molecular formula is C23H30N2O3. The standard InChI is InChI=1S/C23H30N2O3/c1-16-13-25(17(2)14-26)23(27)21-11-7-6-10-20(21)19-9-5-4-8-18(19)15-28-22(16)12-24-3/h4-11,16-17,22,24,26H,12-15H2,1-3H3/t16-,17+,22+/m1/s1. The van der Waals surface area contributed by atoms with Gasteiger partial charge in [-0.2, -0.15) is 0 Å². The number of carbonyl (C=O) groups excluding carboxylic acids is 1. The Labute approximate surface area is 167 Å². The number of carbonyl (C=O) groups is 1. The summed E-state index contributed by atoms with van der Waals surface area (Å²) >= 11 is 0. The molecule has 0 fully saturated rings. The lowest BCUT2D eigenvalue weighted by molar-refractivity contribution is -0.00645. The molecule has 3 atom stereocenters. The second-order valence-electron chi connectivity index (χ2n) is 7.58. The second-order valence-corrected chi connectivity index (χ2v) is 7.58. The van der Waals surface area contributed by atoms with Gasteiger partial charge in [-0.1, -0.05) is 49.4 Å². The maximum Gasteiger partial charge on any atom is 0.254 e. The van der Waals surface area contributed by atoms with E-state index in [1.807, 2.05) is 56.4 Å². The van der Waals surface area contributed by atoms with Crippen LogP contribution in [0.2, 0.25) is 0 Å². The Kier molecular flexibility index (Phi) is 6.83. The number of rotatable bonds is 4. The monoisotopic (exact) mass is 382 g/mol. The molecule has 5 heteroatoms. The molecule has 0 saturated heterocycles. The van der Waals surface area contributed by atoms with Crippen molar-refractivity contribution in [2.75, 3.05) is 26.7 Å². The molecule has 2 aromatic rings. The van der Waals surface area contributed by atoms with Crippen molar-refractivity contribution in [3.63, 3.8) is 0 Å². The summed E-state index contributed by atoms with van der Waals surface area (Å²) in [5.74, 6) is 0.0618. The average molecular weight is 383 g/mol.